The van der Waals surface area contributed by atoms with Crippen LogP contribution in [-0.4, -0.2) is 28.4 Å². The van der Waals surface area contributed by atoms with Gasteiger partial charge in [0.2, 0.25) is 0 Å². The standard InChI is InChI=1S/C12H20O4/c1-2-3-4-12-6-7(9(13)10(12)14)5-8(12)11(15)16/h7-10,13-14H,2-6H2,1H3,(H,15,16)/p-1. The Morgan fingerprint density at radius 2 is 2.19 bits per heavy atom. The van der Waals surface area contributed by atoms with E-state index in [9.17, 15) is 20.1 Å². The van der Waals surface area contributed by atoms with E-state index in [0.717, 1.165) is 12.8 Å². The van der Waals surface area contributed by atoms with Crippen molar-refractivity contribution >= 4 is 5.97 Å². The van der Waals surface area contributed by atoms with Gasteiger partial charge in [-0.1, -0.05) is 19.8 Å². The number of rotatable bonds is 4. The molecule has 92 valence electrons. The summed E-state index contributed by atoms with van der Waals surface area (Å²) < 4.78 is 0. The number of aliphatic carboxylic acids is 1. The van der Waals surface area contributed by atoms with Gasteiger partial charge in [-0.25, -0.2) is 0 Å². The van der Waals surface area contributed by atoms with Crippen LogP contribution >= 0.6 is 0 Å². The zero-order valence-corrected chi connectivity index (χ0v) is 9.56. The van der Waals surface area contributed by atoms with Crippen LogP contribution in [0.1, 0.15) is 39.0 Å². The molecule has 5 atom stereocenters. The van der Waals surface area contributed by atoms with Gasteiger partial charge in [-0.05, 0) is 25.2 Å². The highest BCUT2D eigenvalue weighted by Gasteiger charge is 2.61. The second-order valence-electron chi connectivity index (χ2n) is 5.34. The Hall–Kier alpha value is -0.610. The van der Waals surface area contributed by atoms with Crippen LogP contribution in [0.3, 0.4) is 0 Å². The van der Waals surface area contributed by atoms with Crippen molar-refractivity contribution in [1.82, 2.24) is 0 Å². The molecular weight excluding hydrogens is 208 g/mol. The normalized spacial score (nSPS) is 46.2. The molecule has 2 aliphatic rings. The lowest BCUT2D eigenvalue weighted by molar-refractivity contribution is -0.317. The van der Waals surface area contributed by atoms with E-state index >= 15 is 0 Å². The average Bonchev–Trinajstić information content (AvgIpc) is 2.73. The third-order valence-corrected chi connectivity index (χ3v) is 4.55. The molecule has 0 aliphatic heterocycles. The monoisotopic (exact) mass is 227 g/mol. The number of fused-ring (bicyclic) bond motifs is 2. The van der Waals surface area contributed by atoms with Crippen LogP contribution in [0.25, 0.3) is 0 Å². The molecular formula is C12H19O4-. The van der Waals surface area contributed by atoms with E-state index in [2.05, 4.69) is 0 Å². The zero-order chi connectivity index (χ0) is 11.9. The molecule has 0 aromatic heterocycles. The summed E-state index contributed by atoms with van der Waals surface area (Å²) in [6.07, 6.45) is 2.00. The summed E-state index contributed by atoms with van der Waals surface area (Å²) in [5.74, 6) is -1.71. The maximum Gasteiger partial charge on any atom is 0.0864 e. The molecule has 2 bridgehead atoms. The van der Waals surface area contributed by atoms with Crippen LogP contribution in [0.4, 0.5) is 0 Å². The molecule has 2 saturated carbocycles. The van der Waals surface area contributed by atoms with E-state index < -0.39 is 29.5 Å². The lowest BCUT2D eigenvalue weighted by Gasteiger charge is -2.41. The highest BCUT2D eigenvalue weighted by atomic mass is 16.4. The first kappa shape index (κ1) is 11.9. The number of hydrogen-bond acceptors (Lipinski definition) is 4. The van der Waals surface area contributed by atoms with Crippen molar-refractivity contribution in [3.63, 3.8) is 0 Å². The quantitative estimate of drug-likeness (QED) is 0.689. The summed E-state index contributed by atoms with van der Waals surface area (Å²) in [6.45, 7) is 2.04. The first-order valence-electron chi connectivity index (χ1n) is 6.10. The summed E-state index contributed by atoms with van der Waals surface area (Å²) in [5, 5.41) is 30.9. The fourth-order valence-electron chi connectivity index (χ4n) is 3.70. The molecule has 2 fully saturated rings. The Morgan fingerprint density at radius 1 is 1.50 bits per heavy atom. The van der Waals surface area contributed by atoms with Crippen LogP contribution in [0.2, 0.25) is 0 Å². The zero-order valence-electron chi connectivity index (χ0n) is 9.56. The predicted molar refractivity (Wildman–Crippen MR) is 55.2 cm³/mol. The van der Waals surface area contributed by atoms with Crippen molar-refractivity contribution in [2.75, 3.05) is 0 Å². The number of aliphatic hydroxyl groups excluding tert-OH is 2. The molecule has 0 radical (unpaired) electrons. The first-order valence-corrected chi connectivity index (χ1v) is 6.10. The SMILES string of the molecule is CCCCC12CC(CC1C(=O)[O-])C(O)C2O. The molecule has 0 aromatic rings. The molecule has 2 rings (SSSR count). The van der Waals surface area contributed by atoms with E-state index in [4.69, 9.17) is 0 Å². The molecule has 0 amide bonds. The number of carbonyl (C=O) groups excluding carboxylic acids is 1. The lowest BCUT2D eigenvalue weighted by Crippen LogP contribution is -2.51. The van der Waals surface area contributed by atoms with Gasteiger partial charge < -0.3 is 20.1 Å². The number of carboxylic acids is 1. The Bertz CT molecular complexity index is 291. The number of unbranched alkanes of at least 4 members (excludes halogenated alkanes) is 1. The van der Waals surface area contributed by atoms with Gasteiger partial charge in [0.1, 0.15) is 0 Å². The Balaban J connectivity index is 2.23. The van der Waals surface area contributed by atoms with Crippen molar-refractivity contribution in [1.29, 1.82) is 0 Å². The number of hydrogen-bond donors (Lipinski definition) is 2. The summed E-state index contributed by atoms with van der Waals surface area (Å²) in [4.78, 5) is 11.1. The maximum absolute atomic E-state index is 11.1. The first-order chi connectivity index (χ1) is 7.53. The third kappa shape index (κ3) is 1.47. The Morgan fingerprint density at radius 3 is 2.69 bits per heavy atom. The highest BCUT2D eigenvalue weighted by molar-refractivity contribution is 5.70. The van der Waals surface area contributed by atoms with Crippen LogP contribution in [-0.2, 0) is 4.79 Å². The number of carboxylic acid groups (broad SMARTS) is 1. The lowest BCUT2D eigenvalue weighted by atomic mass is 9.69. The molecule has 4 nitrogen and oxygen atoms in total. The number of carbonyl (C=O) groups is 1. The minimum absolute atomic E-state index is 0.0604. The molecule has 16 heavy (non-hydrogen) atoms. The van der Waals surface area contributed by atoms with E-state index in [0.29, 0.717) is 19.3 Å². The molecule has 0 spiro atoms. The largest absolute Gasteiger partial charge is 0.550 e. The van der Waals surface area contributed by atoms with Gasteiger partial charge in [0.25, 0.3) is 0 Å². The van der Waals surface area contributed by atoms with Crippen LogP contribution in [0, 0.1) is 17.3 Å². The molecule has 0 aromatic carbocycles. The molecule has 2 aliphatic carbocycles. The molecule has 0 saturated heterocycles. The van der Waals surface area contributed by atoms with Gasteiger partial charge in [-0.2, -0.15) is 0 Å². The fraction of sp³-hybridized carbons (Fsp3) is 0.917. The smallest absolute Gasteiger partial charge is 0.0864 e. The van der Waals surface area contributed by atoms with Crippen molar-refractivity contribution < 1.29 is 20.1 Å². The van der Waals surface area contributed by atoms with Crippen molar-refractivity contribution in [3.8, 4) is 0 Å². The van der Waals surface area contributed by atoms with E-state index in [1.54, 1.807) is 0 Å². The van der Waals surface area contributed by atoms with Crippen molar-refractivity contribution in [2.24, 2.45) is 17.3 Å². The number of aliphatic hydroxyl groups is 2. The second-order valence-corrected chi connectivity index (χ2v) is 5.34. The van der Waals surface area contributed by atoms with Gasteiger partial charge in [-0.15, -0.1) is 0 Å². The molecule has 0 heterocycles. The topological polar surface area (TPSA) is 80.6 Å². The predicted octanol–water partition coefficient (Wildman–Crippen LogP) is -0.326. The van der Waals surface area contributed by atoms with Gasteiger partial charge in [0.15, 0.2) is 0 Å². The Kier molecular flexibility index (Phi) is 2.97. The van der Waals surface area contributed by atoms with Crippen molar-refractivity contribution in [2.45, 2.75) is 51.2 Å². The third-order valence-electron chi connectivity index (χ3n) is 4.55. The van der Waals surface area contributed by atoms with E-state index in [-0.39, 0.29) is 5.92 Å². The summed E-state index contributed by atoms with van der Waals surface area (Å²) in [7, 11) is 0. The van der Waals surface area contributed by atoms with E-state index in [1.165, 1.54) is 0 Å². The maximum atomic E-state index is 11.1. The van der Waals surface area contributed by atoms with Gasteiger partial charge in [0.05, 0.1) is 12.2 Å². The summed E-state index contributed by atoms with van der Waals surface area (Å²) in [6, 6.07) is 0. The fourth-order valence-corrected chi connectivity index (χ4v) is 3.70. The second kappa shape index (κ2) is 4.00. The Labute approximate surface area is 95.3 Å². The van der Waals surface area contributed by atoms with Gasteiger partial charge in [0, 0.05) is 17.3 Å². The van der Waals surface area contributed by atoms with Gasteiger partial charge >= 0.3 is 0 Å². The minimum atomic E-state index is -1.07. The van der Waals surface area contributed by atoms with Crippen molar-refractivity contribution in [3.05, 3.63) is 0 Å². The van der Waals surface area contributed by atoms with Gasteiger partial charge in [-0.3, -0.25) is 0 Å². The summed E-state index contributed by atoms with van der Waals surface area (Å²) in [5.41, 5.74) is -0.626. The van der Waals surface area contributed by atoms with Crippen LogP contribution in [0.5, 0.6) is 0 Å². The van der Waals surface area contributed by atoms with E-state index in [1.807, 2.05) is 6.92 Å². The molecule has 2 N–H and O–H groups in total. The molecule has 5 unspecified atom stereocenters. The van der Waals surface area contributed by atoms with Crippen LogP contribution < -0.4 is 5.11 Å². The summed E-state index contributed by atoms with van der Waals surface area (Å²) >= 11 is 0. The highest BCUT2D eigenvalue weighted by Crippen LogP contribution is 2.59. The molecule has 4 heteroatoms. The van der Waals surface area contributed by atoms with Crippen LogP contribution in [0.15, 0.2) is 0 Å². The average molecular weight is 227 g/mol. The minimum Gasteiger partial charge on any atom is -0.550 e.